The lowest BCUT2D eigenvalue weighted by Crippen LogP contribution is -1.86. The summed E-state index contributed by atoms with van der Waals surface area (Å²) in [4.78, 5) is 16.6. The number of H-pyrrole nitrogens is 1. The Morgan fingerprint density at radius 1 is 1.11 bits per heavy atom. The van der Waals surface area contributed by atoms with E-state index in [9.17, 15) is 0 Å². The van der Waals surface area contributed by atoms with Gasteiger partial charge in [0.15, 0.2) is 5.65 Å². The molecule has 1 aromatic carbocycles. The van der Waals surface area contributed by atoms with E-state index in [1.807, 2.05) is 24.3 Å². The number of fused-ring (bicyclic) bond motifs is 1. The van der Waals surface area contributed by atoms with E-state index in [-0.39, 0.29) is 0 Å². The van der Waals surface area contributed by atoms with Crippen LogP contribution in [0.2, 0.25) is 0 Å². The first-order chi connectivity index (χ1) is 8.86. The van der Waals surface area contributed by atoms with Crippen molar-refractivity contribution >= 4 is 22.9 Å². The Balaban J connectivity index is 1.93. The van der Waals surface area contributed by atoms with Crippen molar-refractivity contribution in [2.45, 2.75) is 9.92 Å². The van der Waals surface area contributed by atoms with Crippen molar-refractivity contribution in [3.8, 4) is 5.75 Å². The quantitative estimate of drug-likeness (QED) is 0.731. The highest BCUT2D eigenvalue weighted by Crippen LogP contribution is 2.30. The van der Waals surface area contributed by atoms with Crippen molar-refractivity contribution in [2.24, 2.45) is 0 Å². The van der Waals surface area contributed by atoms with E-state index < -0.39 is 0 Å². The van der Waals surface area contributed by atoms with Gasteiger partial charge in [-0.15, -0.1) is 0 Å². The second-order valence-corrected chi connectivity index (χ2v) is 4.62. The lowest BCUT2D eigenvalue weighted by Gasteiger charge is -2.03. The molecule has 2 aromatic heterocycles. The maximum Gasteiger partial charge on any atom is 0.181 e. The molecule has 5 nitrogen and oxygen atoms in total. The Morgan fingerprint density at radius 2 is 1.94 bits per heavy atom. The number of benzene rings is 1. The second kappa shape index (κ2) is 4.66. The van der Waals surface area contributed by atoms with Gasteiger partial charge in [-0.3, -0.25) is 0 Å². The Bertz CT molecular complexity index is 665. The molecule has 0 radical (unpaired) electrons. The molecular weight excluding hydrogens is 248 g/mol. The lowest BCUT2D eigenvalue weighted by atomic mass is 10.3. The van der Waals surface area contributed by atoms with Crippen LogP contribution < -0.4 is 4.74 Å². The molecule has 0 bridgehead atoms. The number of rotatable bonds is 3. The van der Waals surface area contributed by atoms with Crippen LogP contribution in [-0.2, 0) is 0 Å². The highest BCUT2D eigenvalue weighted by molar-refractivity contribution is 7.99. The van der Waals surface area contributed by atoms with Gasteiger partial charge in [0.1, 0.15) is 22.6 Å². The molecule has 0 spiro atoms. The van der Waals surface area contributed by atoms with Gasteiger partial charge in [0, 0.05) is 4.90 Å². The van der Waals surface area contributed by atoms with Crippen LogP contribution >= 0.6 is 11.8 Å². The fourth-order valence-corrected chi connectivity index (χ4v) is 2.42. The van der Waals surface area contributed by atoms with Crippen molar-refractivity contribution in [2.75, 3.05) is 7.11 Å². The SMILES string of the molecule is COc1ccc(Sc2ncnc3nc[nH]c23)cc1. The summed E-state index contributed by atoms with van der Waals surface area (Å²) in [6.07, 6.45) is 3.15. The fourth-order valence-electron chi connectivity index (χ4n) is 1.58. The molecule has 0 unspecified atom stereocenters. The molecule has 2 heterocycles. The first-order valence-electron chi connectivity index (χ1n) is 5.33. The Labute approximate surface area is 108 Å². The van der Waals surface area contributed by atoms with Gasteiger partial charge < -0.3 is 9.72 Å². The van der Waals surface area contributed by atoms with Gasteiger partial charge in [0.25, 0.3) is 0 Å². The van der Waals surface area contributed by atoms with Crippen molar-refractivity contribution < 1.29 is 4.74 Å². The van der Waals surface area contributed by atoms with E-state index in [0.717, 1.165) is 21.2 Å². The Morgan fingerprint density at radius 3 is 2.72 bits per heavy atom. The predicted octanol–water partition coefficient (Wildman–Crippen LogP) is 2.51. The Kier molecular flexibility index (Phi) is 2.85. The number of hydrogen-bond donors (Lipinski definition) is 1. The number of aromatic nitrogens is 4. The largest absolute Gasteiger partial charge is 0.497 e. The first-order valence-corrected chi connectivity index (χ1v) is 6.14. The van der Waals surface area contributed by atoms with Gasteiger partial charge in [-0.1, -0.05) is 11.8 Å². The molecule has 0 amide bonds. The molecule has 0 aliphatic heterocycles. The number of methoxy groups -OCH3 is 1. The van der Waals surface area contributed by atoms with Gasteiger partial charge in [-0.2, -0.15) is 0 Å². The number of hydrogen-bond acceptors (Lipinski definition) is 5. The van der Waals surface area contributed by atoms with Crippen LogP contribution in [0.5, 0.6) is 5.75 Å². The number of aromatic amines is 1. The number of nitrogens with zero attached hydrogens (tertiary/aromatic N) is 3. The summed E-state index contributed by atoms with van der Waals surface area (Å²) in [7, 11) is 1.65. The molecule has 0 aliphatic carbocycles. The number of ether oxygens (including phenoxy) is 1. The van der Waals surface area contributed by atoms with E-state index in [1.54, 1.807) is 25.2 Å². The zero-order valence-electron chi connectivity index (χ0n) is 9.62. The van der Waals surface area contributed by atoms with Crippen molar-refractivity contribution in [1.82, 2.24) is 19.9 Å². The third-order valence-corrected chi connectivity index (χ3v) is 3.47. The molecule has 3 rings (SSSR count). The third kappa shape index (κ3) is 2.02. The van der Waals surface area contributed by atoms with Crippen LogP contribution in [0.1, 0.15) is 0 Å². The molecule has 0 aliphatic rings. The smallest absolute Gasteiger partial charge is 0.181 e. The van der Waals surface area contributed by atoms with Gasteiger partial charge in [0.05, 0.1) is 13.4 Å². The molecule has 90 valence electrons. The highest BCUT2D eigenvalue weighted by atomic mass is 32.2. The first kappa shape index (κ1) is 11.0. The van der Waals surface area contributed by atoms with Crippen molar-refractivity contribution in [1.29, 1.82) is 0 Å². The Hall–Kier alpha value is -2.08. The summed E-state index contributed by atoms with van der Waals surface area (Å²) in [6, 6.07) is 7.84. The topological polar surface area (TPSA) is 63.7 Å². The maximum atomic E-state index is 5.13. The fraction of sp³-hybridized carbons (Fsp3) is 0.0833. The van der Waals surface area contributed by atoms with Crippen LogP contribution in [-0.4, -0.2) is 27.0 Å². The molecular formula is C12H10N4OS. The van der Waals surface area contributed by atoms with Crippen LogP contribution in [0.3, 0.4) is 0 Å². The zero-order chi connectivity index (χ0) is 12.4. The molecule has 1 N–H and O–H groups in total. The molecule has 3 aromatic rings. The van der Waals surface area contributed by atoms with E-state index in [0.29, 0.717) is 5.65 Å². The number of imidazole rings is 1. The summed E-state index contributed by atoms with van der Waals surface area (Å²) in [5.74, 6) is 0.841. The minimum absolute atomic E-state index is 0.681. The van der Waals surface area contributed by atoms with Crippen LogP contribution in [0.15, 0.2) is 46.8 Å². The summed E-state index contributed by atoms with van der Waals surface area (Å²) in [6.45, 7) is 0. The van der Waals surface area contributed by atoms with E-state index in [4.69, 9.17) is 4.74 Å². The van der Waals surface area contributed by atoms with E-state index >= 15 is 0 Å². The second-order valence-electron chi connectivity index (χ2n) is 3.56. The summed E-state index contributed by atoms with van der Waals surface area (Å²) in [5.41, 5.74) is 1.54. The van der Waals surface area contributed by atoms with Crippen LogP contribution in [0, 0.1) is 0 Å². The van der Waals surface area contributed by atoms with Gasteiger partial charge in [-0.25, -0.2) is 15.0 Å². The minimum Gasteiger partial charge on any atom is -0.497 e. The standard InChI is InChI=1S/C12H10N4OS/c1-17-8-2-4-9(5-3-8)18-12-10-11(14-6-13-10)15-7-16-12/h2-7H,1H3,(H,13,14,15,16). The number of nitrogens with one attached hydrogen (secondary N) is 1. The monoisotopic (exact) mass is 258 g/mol. The summed E-state index contributed by atoms with van der Waals surface area (Å²) < 4.78 is 5.13. The summed E-state index contributed by atoms with van der Waals surface area (Å²) >= 11 is 1.56. The van der Waals surface area contributed by atoms with E-state index in [2.05, 4.69) is 19.9 Å². The van der Waals surface area contributed by atoms with Crippen LogP contribution in [0.25, 0.3) is 11.2 Å². The zero-order valence-corrected chi connectivity index (χ0v) is 10.4. The van der Waals surface area contributed by atoms with E-state index in [1.165, 1.54) is 6.33 Å². The van der Waals surface area contributed by atoms with Gasteiger partial charge >= 0.3 is 0 Å². The molecule has 6 heteroatoms. The molecule has 0 fully saturated rings. The third-order valence-electron chi connectivity index (χ3n) is 2.46. The lowest BCUT2D eigenvalue weighted by molar-refractivity contribution is 0.414. The average Bonchev–Trinajstić information content (AvgIpc) is 2.89. The molecule has 0 atom stereocenters. The molecule has 0 saturated carbocycles. The minimum atomic E-state index is 0.681. The molecule has 0 saturated heterocycles. The molecule has 18 heavy (non-hydrogen) atoms. The average molecular weight is 258 g/mol. The van der Waals surface area contributed by atoms with Crippen molar-refractivity contribution in [3.63, 3.8) is 0 Å². The van der Waals surface area contributed by atoms with Gasteiger partial charge in [-0.05, 0) is 24.3 Å². The summed E-state index contributed by atoms with van der Waals surface area (Å²) in [5, 5.41) is 0.864. The highest BCUT2D eigenvalue weighted by Gasteiger charge is 2.07. The maximum absolute atomic E-state index is 5.13. The van der Waals surface area contributed by atoms with Crippen LogP contribution in [0.4, 0.5) is 0 Å². The normalized spacial score (nSPS) is 10.7. The van der Waals surface area contributed by atoms with Gasteiger partial charge in [0.2, 0.25) is 0 Å². The predicted molar refractivity (Wildman–Crippen MR) is 68.8 cm³/mol. The van der Waals surface area contributed by atoms with Crippen molar-refractivity contribution in [3.05, 3.63) is 36.9 Å².